The van der Waals surface area contributed by atoms with Crippen molar-refractivity contribution in [1.29, 1.82) is 0 Å². The summed E-state index contributed by atoms with van der Waals surface area (Å²) in [6.45, 7) is 3.52. The zero-order valence-corrected chi connectivity index (χ0v) is 15.9. The van der Waals surface area contributed by atoms with Crippen LogP contribution in [-0.4, -0.2) is 58.8 Å². The van der Waals surface area contributed by atoms with Gasteiger partial charge < -0.3 is 14.0 Å². The first-order valence-electron chi connectivity index (χ1n) is 7.88. The fourth-order valence-electron chi connectivity index (χ4n) is 3.32. The molecule has 4 rings (SSSR count). The van der Waals surface area contributed by atoms with Crippen LogP contribution >= 0.6 is 11.6 Å². The van der Waals surface area contributed by atoms with Crippen LogP contribution in [0.3, 0.4) is 0 Å². The van der Waals surface area contributed by atoms with Gasteiger partial charge in [0.2, 0.25) is 0 Å². The van der Waals surface area contributed by atoms with Crippen molar-refractivity contribution in [2.75, 3.05) is 12.9 Å². The Morgan fingerprint density at radius 1 is 1.31 bits per heavy atom. The number of halogens is 1. The summed E-state index contributed by atoms with van der Waals surface area (Å²) in [5.74, 6) is -0.804. The third-order valence-corrected chi connectivity index (χ3v) is 5.11. The van der Waals surface area contributed by atoms with Crippen LogP contribution in [0.2, 0.25) is 5.15 Å². The summed E-state index contributed by atoms with van der Waals surface area (Å²) < 4.78 is 41.5. The van der Waals surface area contributed by atoms with Gasteiger partial charge in [0, 0.05) is 0 Å². The average Bonchev–Trinajstić information content (AvgIpc) is 3.16. The molecule has 3 atom stereocenters. The molecule has 140 valence electrons. The normalized spacial score (nSPS) is 27.7. The van der Waals surface area contributed by atoms with Crippen molar-refractivity contribution in [3.8, 4) is 0 Å². The summed E-state index contributed by atoms with van der Waals surface area (Å²) >= 11 is 6.08. The van der Waals surface area contributed by atoms with Crippen LogP contribution in [-0.2, 0) is 23.8 Å². The minimum Gasteiger partial charge on any atom is -0.342 e. The van der Waals surface area contributed by atoms with Gasteiger partial charge in [-0.1, -0.05) is 17.7 Å². The summed E-state index contributed by atoms with van der Waals surface area (Å²) in [6.07, 6.45) is 5.06. The second kappa shape index (κ2) is 5.96. The molecule has 0 radical (unpaired) electrons. The Hall–Kier alpha value is -1.59. The third-order valence-electron chi connectivity index (χ3n) is 4.29. The van der Waals surface area contributed by atoms with E-state index in [1.807, 2.05) is 24.5 Å². The van der Waals surface area contributed by atoms with E-state index in [1.165, 1.54) is 6.33 Å². The maximum Gasteiger partial charge on any atom is 0.264 e. The Labute approximate surface area is 155 Å². The molecule has 1 saturated heterocycles. The summed E-state index contributed by atoms with van der Waals surface area (Å²) in [7, 11) is -3.58. The molecule has 26 heavy (non-hydrogen) atoms. The van der Waals surface area contributed by atoms with E-state index in [4.69, 9.17) is 25.3 Å². The molecule has 0 saturated carbocycles. The SMILES string of the molecule is CC1(C)O[C@@H]2[C@H](O1)C(COS(C)(=O)=O)=C[C@H]2n1cnc2c(Cl)ncnc21. The maximum atomic E-state index is 11.4. The second-order valence-electron chi connectivity index (χ2n) is 6.71. The van der Waals surface area contributed by atoms with E-state index in [0.717, 1.165) is 6.26 Å². The van der Waals surface area contributed by atoms with Crippen molar-refractivity contribution >= 4 is 32.9 Å². The molecule has 3 heterocycles. The van der Waals surface area contributed by atoms with Crippen molar-refractivity contribution in [3.63, 3.8) is 0 Å². The Balaban J connectivity index is 1.74. The van der Waals surface area contributed by atoms with Crippen LogP contribution < -0.4 is 0 Å². The van der Waals surface area contributed by atoms with Gasteiger partial charge in [0.25, 0.3) is 10.1 Å². The Morgan fingerprint density at radius 3 is 2.81 bits per heavy atom. The lowest BCUT2D eigenvalue weighted by molar-refractivity contribution is -0.148. The molecule has 0 unspecified atom stereocenters. The molecular weight excluding hydrogens is 384 g/mol. The molecular formula is C15H17ClN4O5S. The molecule has 0 bridgehead atoms. The highest BCUT2D eigenvalue weighted by Crippen LogP contribution is 2.44. The topological polar surface area (TPSA) is 105 Å². The predicted octanol–water partition coefficient (Wildman–Crippen LogP) is 1.46. The molecule has 0 aromatic carbocycles. The number of nitrogens with zero attached hydrogens (tertiary/aromatic N) is 4. The van der Waals surface area contributed by atoms with Crippen molar-refractivity contribution in [2.24, 2.45) is 0 Å². The van der Waals surface area contributed by atoms with Crippen molar-refractivity contribution in [3.05, 3.63) is 29.5 Å². The standard InChI is InChI=1S/C15H17ClN4O5S/c1-15(2)24-11-8(5-23-26(3,21)22)4-9(12(11)25-15)20-7-19-10-13(16)17-6-18-14(10)20/h4,6-7,9,11-12H,5H2,1-3H3/t9-,11-,12+/m1/s1. The Kier molecular flexibility index (Phi) is 4.08. The largest absolute Gasteiger partial charge is 0.342 e. The number of rotatable bonds is 4. The molecule has 1 aliphatic heterocycles. The fraction of sp³-hybridized carbons (Fsp3) is 0.533. The predicted molar refractivity (Wildman–Crippen MR) is 92.1 cm³/mol. The quantitative estimate of drug-likeness (QED) is 0.431. The van der Waals surface area contributed by atoms with Crippen LogP contribution in [0.15, 0.2) is 24.3 Å². The van der Waals surface area contributed by atoms with E-state index < -0.39 is 22.0 Å². The van der Waals surface area contributed by atoms with E-state index >= 15 is 0 Å². The minimum absolute atomic E-state index is 0.0989. The van der Waals surface area contributed by atoms with Crippen LogP contribution in [0.5, 0.6) is 0 Å². The van der Waals surface area contributed by atoms with Gasteiger partial charge in [0.15, 0.2) is 16.6 Å². The molecule has 11 heteroatoms. The summed E-state index contributed by atoms with van der Waals surface area (Å²) in [4.78, 5) is 12.5. The number of hydrogen-bond acceptors (Lipinski definition) is 8. The lowest BCUT2D eigenvalue weighted by atomic mass is 10.1. The Bertz CT molecular complexity index is 1000. The van der Waals surface area contributed by atoms with Crippen LogP contribution in [0, 0.1) is 0 Å². The maximum absolute atomic E-state index is 11.4. The van der Waals surface area contributed by atoms with Gasteiger partial charge in [-0.25, -0.2) is 15.0 Å². The average molecular weight is 401 g/mol. The van der Waals surface area contributed by atoms with E-state index in [0.29, 0.717) is 16.7 Å². The lowest BCUT2D eigenvalue weighted by Gasteiger charge is -2.21. The summed E-state index contributed by atoms with van der Waals surface area (Å²) in [6, 6.07) is -0.295. The number of hydrogen-bond donors (Lipinski definition) is 0. The van der Waals surface area contributed by atoms with Gasteiger partial charge in [-0.2, -0.15) is 8.42 Å². The van der Waals surface area contributed by atoms with Gasteiger partial charge in [0.05, 0.1) is 25.2 Å². The zero-order valence-electron chi connectivity index (χ0n) is 14.3. The lowest BCUT2D eigenvalue weighted by Crippen LogP contribution is -2.28. The highest BCUT2D eigenvalue weighted by atomic mass is 35.5. The number of ether oxygens (including phenoxy) is 2. The van der Waals surface area contributed by atoms with Crippen molar-refractivity contribution in [1.82, 2.24) is 19.5 Å². The monoisotopic (exact) mass is 400 g/mol. The molecule has 9 nitrogen and oxygen atoms in total. The number of imidazole rings is 1. The van der Waals surface area contributed by atoms with Crippen LogP contribution in [0.25, 0.3) is 11.2 Å². The molecule has 2 aromatic heterocycles. The van der Waals surface area contributed by atoms with E-state index in [1.54, 1.807) is 6.33 Å². The minimum atomic E-state index is -3.58. The van der Waals surface area contributed by atoms with E-state index in [2.05, 4.69) is 15.0 Å². The highest BCUT2D eigenvalue weighted by molar-refractivity contribution is 7.86. The van der Waals surface area contributed by atoms with Crippen LogP contribution in [0.1, 0.15) is 19.9 Å². The van der Waals surface area contributed by atoms with Gasteiger partial charge in [-0.05, 0) is 19.4 Å². The Morgan fingerprint density at radius 2 is 2.08 bits per heavy atom. The molecule has 2 aliphatic rings. The molecule has 0 spiro atoms. The molecule has 0 N–H and O–H groups in total. The van der Waals surface area contributed by atoms with E-state index in [9.17, 15) is 8.42 Å². The van der Waals surface area contributed by atoms with Gasteiger partial charge in [-0.15, -0.1) is 0 Å². The molecule has 2 aromatic rings. The first-order chi connectivity index (χ1) is 12.1. The van der Waals surface area contributed by atoms with E-state index in [-0.39, 0.29) is 23.9 Å². The smallest absolute Gasteiger partial charge is 0.264 e. The van der Waals surface area contributed by atoms with Gasteiger partial charge >= 0.3 is 0 Å². The summed E-state index contributed by atoms with van der Waals surface area (Å²) in [5.41, 5.74) is 1.74. The highest BCUT2D eigenvalue weighted by Gasteiger charge is 2.51. The first-order valence-corrected chi connectivity index (χ1v) is 10.1. The van der Waals surface area contributed by atoms with Crippen LogP contribution in [0.4, 0.5) is 0 Å². The van der Waals surface area contributed by atoms with Crippen molar-refractivity contribution < 1.29 is 22.1 Å². The van der Waals surface area contributed by atoms with Gasteiger partial charge in [0.1, 0.15) is 24.1 Å². The first kappa shape index (κ1) is 17.8. The van der Waals surface area contributed by atoms with Gasteiger partial charge in [-0.3, -0.25) is 4.18 Å². The summed E-state index contributed by atoms with van der Waals surface area (Å²) in [5, 5.41) is 0.261. The molecule has 0 amide bonds. The molecule has 1 aliphatic carbocycles. The van der Waals surface area contributed by atoms with Crippen molar-refractivity contribution in [2.45, 2.75) is 37.9 Å². The fourth-order valence-corrected chi connectivity index (χ4v) is 3.85. The number of fused-ring (bicyclic) bond motifs is 2. The second-order valence-corrected chi connectivity index (χ2v) is 8.71. The third kappa shape index (κ3) is 3.12. The zero-order chi connectivity index (χ0) is 18.7. The number of aromatic nitrogens is 4. The molecule has 1 fully saturated rings.